The van der Waals surface area contributed by atoms with Crippen molar-refractivity contribution in [3.05, 3.63) is 0 Å². The molecular weight excluding hydrogens is 244 g/mol. The Balaban J connectivity index is 0.00000144. The lowest BCUT2D eigenvalue weighted by Crippen LogP contribution is -2.38. The molecule has 1 saturated heterocycles. The van der Waals surface area contributed by atoms with Crippen LogP contribution in [0.15, 0.2) is 0 Å². The van der Waals surface area contributed by atoms with Crippen LogP contribution in [0.25, 0.3) is 0 Å². The number of rotatable bonds is 3. The third kappa shape index (κ3) is 2.90. The van der Waals surface area contributed by atoms with Gasteiger partial charge in [0, 0.05) is 19.0 Å². The van der Waals surface area contributed by atoms with Gasteiger partial charge in [-0.3, -0.25) is 4.79 Å². The molecule has 2 N–H and O–H groups in total. The Morgan fingerprint density at radius 1 is 1.24 bits per heavy atom. The maximum atomic E-state index is 11.9. The van der Waals surface area contributed by atoms with Crippen LogP contribution in [0.1, 0.15) is 32.1 Å². The van der Waals surface area contributed by atoms with Crippen molar-refractivity contribution in [2.45, 2.75) is 38.2 Å². The first-order chi connectivity index (χ1) is 7.74. The quantitative estimate of drug-likeness (QED) is 0.832. The van der Waals surface area contributed by atoms with Crippen LogP contribution in [0, 0.1) is 5.92 Å². The van der Waals surface area contributed by atoms with Gasteiger partial charge in [0.2, 0.25) is 0 Å². The normalized spacial score (nSPS) is 25.7. The molecule has 1 unspecified atom stereocenters. The topological polar surface area (TPSA) is 72.6 Å². The summed E-state index contributed by atoms with van der Waals surface area (Å²) in [6.07, 6.45) is 4.38. The molecule has 0 radical (unpaired) electrons. The van der Waals surface area contributed by atoms with Gasteiger partial charge in [-0.05, 0) is 12.8 Å². The van der Waals surface area contributed by atoms with E-state index >= 15 is 0 Å². The zero-order chi connectivity index (χ0) is 11.5. The number of amides is 2. The average Bonchev–Trinajstić information content (AvgIpc) is 2.59. The minimum Gasteiger partial charge on any atom is -0.435 e. The SMILES string of the molecule is Cl.NCCN1C(=O)OC(C2CCCCC2)C1=O. The Hall–Kier alpha value is -0.810. The highest BCUT2D eigenvalue weighted by Gasteiger charge is 2.44. The standard InChI is InChI=1S/C11H18N2O3.ClH/c12-6-7-13-10(14)9(16-11(13)15)8-4-2-1-3-5-8;/h8-9H,1-7,12H2;1H. The van der Waals surface area contributed by atoms with Crippen LogP contribution in [0.2, 0.25) is 0 Å². The predicted molar refractivity (Wildman–Crippen MR) is 64.9 cm³/mol. The highest BCUT2D eigenvalue weighted by atomic mass is 35.5. The summed E-state index contributed by atoms with van der Waals surface area (Å²) in [5.74, 6) is 0.0234. The zero-order valence-electron chi connectivity index (χ0n) is 9.76. The van der Waals surface area contributed by atoms with Gasteiger partial charge in [0.25, 0.3) is 5.91 Å². The Morgan fingerprint density at radius 3 is 2.47 bits per heavy atom. The Kier molecular flexibility index (Phi) is 5.21. The van der Waals surface area contributed by atoms with Gasteiger partial charge in [0.05, 0.1) is 0 Å². The van der Waals surface area contributed by atoms with Crippen molar-refractivity contribution < 1.29 is 14.3 Å². The van der Waals surface area contributed by atoms with E-state index in [0.29, 0.717) is 0 Å². The Labute approximate surface area is 107 Å². The Morgan fingerprint density at radius 2 is 1.88 bits per heavy atom. The molecule has 2 fully saturated rings. The molecule has 5 nitrogen and oxygen atoms in total. The van der Waals surface area contributed by atoms with Crippen molar-refractivity contribution in [3.8, 4) is 0 Å². The third-order valence-corrected chi connectivity index (χ3v) is 3.39. The zero-order valence-corrected chi connectivity index (χ0v) is 10.6. The minimum absolute atomic E-state index is 0. The number of carbonyl (C=O) groups excluding carboxylic acids is 2. The molecule has 1 atom stereocenters. The first-order valence-electron chi connectivity index (χ1n) is 5.96. The van der Waals surface area contributed by atoms with Gasteiger partial charge in [0.15, 0.2) is 6.10 Å². The van der Waals surface area contributed by atoms with Gasteiger partial charge in [-0.15, -0.1) is 12.4 Å². The van der Waals surface area contributed by atoms with Gasteiger partial charge < -0.3 is 10.5 Å². The monoisotopic (exact) mass is 262 g/mol. The summed E-state index contributed by atoms with van der Waals surface area (Å²) < 4.78 is 5.16. The largest absolute Gasteiger partial charge is 0.435 e. The van der Waals surface area contributed by atoms with Crippen LogP contribution < -0.4 is 5.73 Å². The van der Waals surface area contributed by atoms with Crippen LogP contribution in [-0.2, 0) is 9.53 Å². The van der Waals surface area contributed by atoms with Gasteiger partial charge in [-0.25, -0.2) is 9.69 Å². The highest BCUT2D eigenvalue weighted by Crippen LogP contribution is 2.31. The van der Waals surface area contributed by atoms with Crippen LogP contribution in [-0.4, -0.2) is 36.1 Å². The lowest BCUT2D eigenvalue weighted by atomic mass is 9.85. The second kappa shape index (κ2) is 6.21. The molecule has 0 aromatic carbocycles. The van der Waals surface area contributed by atoms with Crippen LogP contribution in [0.5, 0.6) is 0 Å². The lowest BCUT2D eigenvalue weighted by molar-refractivity contribution is -0.132. The highest BCUT2D eigenvalue weighted by molar-refractivity contribution is 6.00. The van der Waals surface area contributed by atoms with Crippen LogP contribution in [0.3, 0.4) is 0 Å². The summed E-state index contributed by atoms with van der Waals surface area (Å²) >= 11 is 0. The number of hydrogen-bond donors (Lipinski definition) is 1. The molecule has 98 valence electrons. The second-order valence-electron chi connectivity index (χ2n) is 4.48. The predicted octanol–water partition coefficient (Wildman–Crippen LogP) is 1.29. The molecule has 1 heterocycles. The van der Waals surface area contributed by atoms with Crippen molar-refractivity contribution in [2.75, 3.05) is 13.1 Å². The maximum absolute atomic E-state index is 11.9. The number of cyclic esters (lactones) is 1. The molecule has 1 aliphatic heterocycles. The fourth-order valence-electron chi connectivity index (χ4n) is 2.53. The number of carbonyl (C=O) groups is 2. The maximum Gasteiger partial charge on any atom is 0.417 e. The van der Waals surface area contributed by atoms with Crippen molar-refractivity contribution in [1.29, 1.82) is 0 Å². The van der Waals surface area contributed by atoms with Crippen LogP contribution >= 0.6 is 12.4 Å². The van der Waals surface area contributed by atoms with E-state index in [9.17, 15) is 9.59 Å². The van der Waals surface area contributed by atoms with Crippen molar-refractivity contribution in [1.82, 2.24) is 4.90 Å². The number of ether oxygens (including phenoxy) is 1. The molecule has 2 aliphatic rings. The molecule has 17 heavy (non-hydrogen) atoms. The fourth-order valence-corrected chi connectivity index (χ4v) is 2.53. The van der Waals surface area contributed by atoms with Crippen LogP contribution in [0.4, 0.5) is 4.79 Å². The van der Waals surface area contributed by atoms with Gasteiger partial charge in [-0.2, -0.15) is 0 Å². The minimum atomic E-state index is -0.542. The Bertz CT molecular complexity index is 292. The molecule has 1 saturated carbocycles. The summed E-state index contributed by atoms with van der Waals surface area (Å²) in [5.41, 5.74) is 5.36. The average molecular weight is 263 g/mol. The van der Waals surface area contributed by atoms with E-state index in [1.807, 2.05) is 0 Å². The molecule has 0 aromatic heterocycles. The van der Waals surface area contributed by atoms with E-state index in [0.717, 1.165) is 30.6 Å². The van der Waals surface area contributed by atoms with Crippen molar-refractivity contribution in [2.24, 2.45) is 11.7 Å². The summed E-state index contributed by atoms with van der Waals surface area (Å²) in [7, 11) is 0. The third-order valence-electron chi connectivity index (χ3n) is 3.39. The molecule has 0 bridgehead atoms. The van der Waals surface area contributed by atoms with E-state index in [1.54, 1.807) is 0 Å². The number of imide groups is 1. The van der Waals surface area contributed by atoms with Crippen molar-refractivity contribution >= 4 is 24.4 Å². The van der Waals surface area contributed by atoms with Gasteiger partial charge in [0.1, 0.15) is 0 Å². The molecule has 0 spiro atoms. The van der Waals surface area contributed by atoms with Crippen molar-refractivity contribution in [3.63, 3.8) is 0 Å². The molecule has 6 heteroatoms. The second-order valence-corrected chi connectivity index (χ2v) is 4.48. The lowest BCUT2D eigenvalue weighted by Gasteiger charge is -2.24. The molecular formula is C11H19ClN2O3. The number of halogens is 1. The van der Waals surface area contributed by atoms with E-state index in [4.69, 9.17) is 10.5 Å². The molecule has 0 aromatic rings. The molecule has 2 rings (SSSR count). The van der Waals surface area contributed by atoms with Gasteiger partial charge in [-0.1, -0.05) is 19.3 Å². The summed E-state index contributed by atoms with van der Waals surface area (Å²) in [5, 5.41) is 0. The first kappa shape index (κ1) is 14.3. The van der Waals surface area contributed by atoms with E-state index in [1.165, 1.54) is 6.42 Å². The van der Waals surface area contributed by atoms with E-state index in [-0.39, 0.29) is 37.3 Å². The summed E-state index contributed by atoms with van der Waals surface area (Å²) in [4.78, 5) is 24.5. The smallest absolute Gasteiger partial charge is 0.417 e. The van der Waals surface area contributed by atoms with Gasteiger partial charge >= 0.3 is 6.09 Å². The molecule has 1 aliphatic carbocycles. The number of nitrogens with zero attached hydrogens (tertiary/aromatic N) is 1. The summed E-state index contributed by atoms with van der Waals surface area (Å²) in [6.45, 7) is 0.555. The summed E-state index contributed by atoms with van der Waals surface area (Å²) in [6, 6.07) is 0. The number of nitrogens with two attached hydrogens (primary N) is 1. The van der Waals surface area contributed by atoms with E-state index in [2.05, 4.69) is 0 Å². The first-order valence-corrected chi connectivity index (χ1v) is 5.96. The van der Waals surface area contributed by atoms with E-state index < -0.39 is 12.2 Å². The fraction of sp³-hybridized carbons (Fsp3) is 0.818. The molecule has 2 amide bonds. The number of hydrogen-bond acceptors (Lipinski definition) is 4.